The predicted octanol–water partition coefficient (Wildman–Crippen LogP) is 3.53. The quantitative estimate of drug-likeness (QED) is 0.639. The van der Waals surface area contributed by atoms with Gasteiger partial charge in [-0.2, -0.15) is 0 Å². The van der Waals surface area contributed by atoms with Gasteiger partial charge in [0.25, 0.3) is 5.69 Å². The van der Waals surface area contributed by atoms with Crippen LogP contribution in [-0.4, -0.2) is 22.0 Å². The van der Waals surface area contributed by atoms with Crippen molar-refractivity contribution in [3.63, 3.8) is 0 Å². The number of nitrogens with one attached hydrogen (secondary N) is 1. The first-order valence-electron chi connectivity index (χ1n) is 7.22. The predicted molar refractivity (Wildman–Crippen MR) is 79.6 cm³/mol. The van der Waals surface area contributed by atoms with Crippen LogP contribution in [-0.2, 0) is 0 Å². The summed E-state index contributed by atoms with van der Waals surface area (Å²) in [5.74, 6) is -0.0995. The zero-order chi connectivity index (χ0) is 15.6. The van der Waals surface area contributed by atoms with Gasteiger partial charge < -0.3 is 10.4 Å². The molecule has 6 nitrogen and oxygen atoms in total. The van der Waals surface area contributed by atoms with Crippen molar-refractivity contribution in [1.82, 2.24) is 0 Å². The summed E-state index contributed by atoms with van der Waals surface area (Å²) in [6.07, 6.45) is 3.33. The van der Waals surface area contributed by atoms with E-state index in [0.29, 0.717) is 17.5 Å². The molecule has 3 unspecified atom stereocenters. The number of rotatable bonds is 5. The van der Waals surface area contributed by atoms with Crippen molar-refractivity contribution < 1.29 is 14.8 Å². The topological polar surface area (TPSA) is 92.5 Å². The van der Waals surface area contributed by atoms with Gasteiger partial charge in [-0.3, -0.25) is 10.1 Å². The van der Waals surface area contributed by atoms with E-state index in [1.165, 1.54) is 12.1 Å². The number of nitro benzene ring substituents is 1. The monoisotopic (exact) mass is 292 g/mol. The average molecular weight is 292 g/mol. The van der Waals surface area contributed by atoms with Crippen LogP contribution in [0.5, 0.6) is 0 Å². The molecule has 1 aromatic carbocycles. The first kappa shape index (κ1) is 15.3. The second-order valence-electron chi connectivity index (χ2n) is 5.65. The van der Waals surface area contributed by atoms with Crippen LogP contribution in [0.15, 0.2) is 18.2 Å². The Morgan fingerprint density at radius 1 is 1.48 bits per heavy atom. The van der Waals surface area contributed by atoms with Crippen LogP contribution in [0.1, 0.15) is 43.5 Å². The maximum Gasteiger partial charge on any atom is 0.342 e. The minimum Gasteiger partial charge on any atom is -0.477 e. The normalized spacial score (nSPS) is 24.8. The Labute approximate surface area is 123 Å². The van der Waals surface area contributed by atoms with Crippen molar-refractivity contribution >= 4 is 17.3 Å². The van der Waals surface area contributed by atoms with Crippen LogP contribution < -0.4 is 5.32 Å². The molecule has 0 bridgehead atoms. The molecule has 1 fully saturated rings. The maximum atomic E-state index is 11.0. The third kappa shape index (κ3) is 3.15. The lowest BCUT2D eigenvalue weighted by Gasteiger charge is -2.22. The van der Waals surface area contributed by atoms with Crippen molar-refractivity contribution in [2.75, 3.05) is 5.32 Å². The molecule has 0 saturated heterocycles. The molecule has 21 heavy (non-hydrogen) atoms. The molecule has 0 heterocycles. The highest BCUT2D eigenvalue weighted by Crippen LogP contribution is 2.36. The molecule has 1 aliphatic carbocycles. The number of hydrogen-bond acceptors (Lipinski definition) is 4. The highest BCUT2D eigenvalue weighted by Gasteiger charge is 2.31. The number of anilines is 1. The molecule has 1 aromatic rings. The highest BCUT2D eigenvalue weighted by atomic mass is 16.6. The van der Waals surface area contributed by atoms with Crippen molar-refractivity contribution in [3.05, 3.63) is 33.9 Å². The molecule has 0 amide bonds. The lowest BCUT2D eigenvalue weighted by Crippen LogP contribution is -2.24. The number of carbonyl (C=O) groups is 1. The second kappa shape index (κ2) is 6.11. The Bertz CT molecular complexity index is 559. The Morgan fingerprint density at radius 2 is 2.19 bits per heavy atom. The molecule has 0 aliphatic heterocycles. The summed E-state index contributed by atoms with van der Waals surface area (Å²) >= 11 is 0. The van der Waals surface area contributed by atoms with Gasteiger partial charge in [0.2, 0.25) is 0 Å². The molecule has 0 spiro atoms. The Kier molecular flexibility index (Phi) is 4.45. The molecule has 3 atom stereocenters. The zero-order valence-electron chi connectivity index (χ0n) is 12.2. The van der Waals surface area contributed by atoms with Gasteiger partial charge in [0, 0.05) is 17.8 Å². The van der Waals surface area contributed by atoms with Gasteiger partial charge in [-0.1, -0.05) is 20.3 Å². The summed E-state index contributed by atoms with van der Waals surface area (Å²) in [5, 5.41) is 23.3. The fourth-order valence-corrected chi connectivity index (χ4v) is 3.19. The van der Waals surface area contributed by atoms with E-state index in [1.807, 2.05) is 0 Å². The number of hydrogen-bond donors (Lipinski definition) is 2. The number of carboxylic acids is 1. The number of nitro groups is 1. The van der Waals surface area contributed by atoms with Crippen LogP contribution in [0.3, 0.4) is 0 Å². The van der Waals surface area contributed by atoms with E-state index in [2.05, 4.69) is 19.2 Å². The van der Waals surface area contributed by atoms with Crippen LogP contribution in [0.25, 0.3) is 0 Å². The van der Waals surface area contributed by atoms with Crippen molar-refractivity contribution in [2.45, 2.75) is 39.2 Å². The van der Waals surface area contributed by atoms with Crippen molar-refractivity contribution in [3.8, 4) is 0 Å². The molecule has 1 aliphatic rings. The Morgan fingerprint density at radius 3 is 2.71 bits per heavy atom. The lowest BCUT2D eigenvalue weighted by atomic mass is 9.93. The Hall–Kier alpha value is -2.11. The number of nitrogens with zero attached hydrogens (tertiary/aromatic N) is 1. The summed E-state index contributed by atoms with van der Waals surface area (Å²) in [4.78, 5) is 21.3. The SMILES string of the molecule is CCC1CCC(Nc2ccc(C(=O)O)c([N+](=O)[O-])c2)C1C. The first-order chi connectivity index (χ1) is 9.93. The number of aromatic carboxylic acids is 1. The number of benzene rings is 1. The van der Waals surface area contributed by atoms with Crippen LogP contribution in [0, 0.1) is 22.0 Å². The molecular formula is C15H20N2O4. The second-order valence-corrected chi connectivity index (χ2v) is 5.65. The van der Waals surface area contributed by atoms with Gasteiger partial charge in [-0.25, -0.2) is 4.79 Å². The van der Waals surface area contributed by atoms with E-state index in [0.717, 1.165) is 19.3 Å². The highest BCUT2D eigenvalue weighted by molar-refractivity contribution is 5.93. The fourth-order valence-electron chi connectivity index (χ4n) is 3.19. The first-order valence-corrected chi connectivity index (χ1v) is 7.22. The summed E-state index contributed by atoms with van der Waals surface area (Å²) in [6, 6.07) is 4.49. The molecule has 2 N–H and O–H groups in total. The van der Waals surface area contributed by atoms with Crippen LogP contribution in [0.4, 0.5) is 11.4 Å². The van der Waals surface area contributed by atoms with Gasteiger partial charge in [-0.15, -0.1) is 0 Å². The van der Waals surface area contributed by atoms with E-state index < -0.39 is 10.9 Å². The summed E-state index contributed by atoms with van der Waals surface area (Å²) in [7, 11) is 0. The maximum absolute atomic E-state index is 11.0. The van der Waals surface area contributed by atoms with Gasteiger partial charge in [0.1, 0.15) is 5.56 Å². The Balaban J connectivity index is 2.20. The molecule has 0 aromatic heterocycles. The molecular weight excluding hydrogens is 272 g/mol. The number of carboxylic acid groups (broad SMARTS) is 1. The van der Waals surface area contributed by atoms with Gasteiger partial charge in [0.15, 0.2) is 0 Å². The molecule has 114 valence electrons. The standard InChI is InChI=1S/C15H20N2O4/c1-3-10-4-7-13(9(10)2)16-11-5-6-12(15(18)19)14(8-11)17(20)21/h5-6,8-10,13,16H,3-4,7H2,1-2H3,(H,18,19). The third-order valence-corrected chi connectivity index (χ3v) is 4.53. The largest absolute Gasteiger partial charge is 0.477 e. The molecule has 6 heteroatoms. The third-order valence-electron chi connectivity index (χ3n) is 4.53. The lowest BCUT2D eigenvalue weighted by molar-refractivity contribution is -0.385. The van der Waals surface area contributed by atoms with E-state index in [1.54, 1.807) is 6.07 Å². The molecule has 1 saturated carbocycles. The van der Waals surface area contributed by atoms with E-state index in [-0.39, 0.29) is 17.3 Å². The van der Waals surface area contributed by atoms with Crippen molar-refractivity contribution in [1.29, 1.82) is 0 Å². The average Bonchev–Trinajstić information content (AvgIpc) is 2.79. The summed E-state index contributed by atoms with van der Waals surface area (Å²) in [6.45, 7) is 4.37. The van der Waals surface area contributed by atoms with Crippen LogP contribution in [0.2, 0.25) is 0 Å². The fraction of sp³-hybridized carbons (Fsp3) is 0.533. The van der Waals surface area contributed by atoms with E-state index in [9.17, 15) is 14.9 Å². The summed E-state index contributed by atoms with van der Waals surface area (Å²) < 4.78 is 0. The summed E-state index contributed by atoms with van der Waals surface area (Å²) in [5.41, 5.74) is -0.0399. The van der Waals surface area contributed by atoms with Gasteiger partial charge >= 0.3 is 5.97 Å². The van der Waals surface area contributed by atoms with E-state index >= 15 is 0 Å². The minimum atomic E-state index is -1.28. The van der Waals surface area contributed by atoms with Crippen LogP contribution >= 0.6 is 0 Å². The van der Waals surface area contributed by atoms with Gasteiger partial charge in [0.05, 0.1) is 4.92 Å². The van der Waals surface area contributed by atoms with Gasteiger partial charge in [-0.05, 0) is 36.8 Å². The van der Waals surface area contributed by atoms with E-state index in [4.69, 9.17) is 5.11 Å². The smallest absolute Gasteiger partial charge is 0.342 e. The zero-order valence-corrected chi connectivity index (χ0v) is 12.2. The minimum absolute atomic E-state index is 0.281. The molecule has 0 radical (unpaired) electrons. The molecule has 2 rings (SSSR count). The van der Waals surface area contributed by atoms with Crippen molar-refractivity contribution in [2.24, 2.45) is 11.8 Å².